The lowest BCUT2D eigenvalue weighted by Crippen LogP contribution is -2.32. The molecule has 57 heavy (non-hydrogen) atoms. The van der Waals surface area contributed by atoms with Crippen molar-refractivity contribution in [1.82, 2.24) is 0 Å². The fourth-order valence-electron chi connectivity index (χ4n) is 9.24. The smallest absolute Gasteiger partial charge is 0.132 e. The van der Waals surface area contributed by atoms with Crippen molar-refractivity contribution in [1.29, 1.82) is 0 Å². The zero-order valence-corrected chi connectivity index (χ0v) is 31.2. The Labute approximate surface area is 333 Å². The highest BCUT2D eigenvalue weighted by Crippen LogP contribution is 2.63. The van der Waals surface area contributed by atoms with Crippen LogP contribution in [0.25, 0.3) is 44.5 Å². The van der Waals surface area contributed by atoms with Crippen molar-refractivity contribution in [3.8, 4) is 56.0 Å². The molecular formula is C55H37NO. The van der Waals surface area contributed by atoms with Crippen molar-refractivity contribution >= 4 is 17.1 Å². The van der Waals surface area contributed by atoms with Crippen LogP contribution in [0, 0.1) is 0 Å². The van der Waals surface area contributed by atoms with Crippen LogP contribution in [0.1, 0.15) is 22.3 Å². The van der Waals surface area contributed by atoms with Gasteiger partial charge in [-0.2, -0.15) is 0 Å². The van der Waals surface area contributed by atoms with Crippen LogP contribution < -0.4 is 9.64 Å². The minimum Gasteiger partial charge on any atom is -0.457 e. The normalized spacial score (nSPS) is 14.5. The number of fused-ring (bicyclic) bond motifs is 9. The fourth-order valence-corrected chi connectivity index (χ4v) is 9.24. The van der Waals surface area contributed by atoms with Crippen LogP contribution in [0.15, 0.2) is 224 Å². The molecular weight excluding hydrogens is 691 g/mol. The van der Waals surface area contributed by atoms with Crippen molar-refractivity contribution in [2.45, 2.75) is 5.41 Å². The quantitative estimate of drug-likeness (QED) is 0.169. The molecule has 2 aliphatic rings. The molecule has 11 rings (SSSR count). The van der Waals surface area contributed by atoms with Gasteiger partial charge in [-0.3, -0.25) is 0 Å². The summed E-state index contributed by atoms with van der Waals surface area (Å²) < 4.78 is 7.00. The van der Waals surface area contributed by atoms with E-state index >= 15 is 0 Å². The van der Waals surface area contributed by atoms with Crippen LogP contribution in [0.5, 0.6) is 11.5 Å². The van der Waals surface area contributed by atoms with E-state index in [0.717, 1.165) is 50.8 Å². The van der Waals surface area contributed by atoms with Crippen molar-refractivity contribution in [3.63, 3.8) is 0 Å². The number of benzene rings is 9. The standard InChI is InChI=1S/C55H37NO/c1-5-17-38(18-6-1)39-29-31-43(32-30-39)56(42-23-11-4-12-24-42)44-33-34-46-45-25-13-14-26-49(45)55(51(46)35-44)50-27-15-16-28-53(50)57-54-37-48(41-21-9-3-10-22-41)47(36-52(54)55)40-19-7-2-8-20-40/h1-37H. The zero-order valence-electron chi connectivity index (χ0n) is 31.2. The monoisotopic (exact) mass is 727 g/mol. The first-order valence-corrected chi connectivity index (χ1v) is 19.6. The van der Waals surface area contributed by atoms with Gasteiger partial charge >= 0.3 is 0 Å². The van der Waals surface area contributed by atoms with Gasteiger partial charge < -0.3 is 9.64 Å². The molecule has 0 aromatic heterocycles. The molecule has 2 heteroatoms. The van der Waals surface area contributed by atoms with E-state index in [1.54, 1.807) is 0 Å². The van der Waals surface area contributed by atoms with E-state index in [2.05, 4.69) is 229 Å². The van der Waals surface area contributed by atoms with E-state index in [0.29, 0.717) is 0 Å². The van der Waals surface area contributed by atoms with Crippen LogP contribution in [0.4, 0.5) is 17.1 Å². The van der Waals surface area contributed by atoms with Crippen LogP contribution in [-0.2, 0) is 5.41 Å². The largest absolute Gasteiger partial charge is 0.457 e. The van der Waals surface area contributed by atoms with Gasteiger partial charge in [-0.1, -0.05) is 170 Å². The summed E-state index contributed by atoms with van der Waals surface area (Å²) in [5, 5.41) is 0. The minimum absolute atomic E-state index is 0.648. The van der Waals surface area contributed by atoms with E-state index in [1.165, 1.54) is 44.5 Å². The molecule has 1 atom stereocenters. The van der Waals surface area contributed by atoms with E-state index in [9.17, 15) is 0 Å². The first kappa shape index (κ1) is 33.0. The van der Waals surface area contributed by atoms with Crippen molar-refractivity contribution in [2.75, 3.05) is 4.90 Å². The predicted molar refractivity (Wildman–Crippen MR) is 235 cm³/mol. The molecule has 1 heterocycles. The summed E-state index contributed by atoms with van der Waals surface area (Å²) >= 11 is 0. The van der Waals surface area contributed by atoms with Crippen LogP contribution >= 0.6 is 0 Å². The molecule has 1 spiro atoms. The molecule has 0 saturated carbocycles. The first-order valence-electron chi connectivity index (χ1n) is 19.6. The maximum atomic E-state index is 7.00. The van der Waals surface area contributed by atoms with Crippen LogP contribution in [0.3, 0.4) is 0 Å². The van der Waals surface area contributed by atoms with Gasteiger partial charge in [0.05, 0.1) is 5.41 Å². The van der Waals surface area contributed by atoms with Crippen molar-refractivity contribution in [3.05, 3.63) is 247 Å². The van der Waals surface area contributed by atoms with E-state index < -0.39 is 5.41 Å². The third-order valence-corrected chi connectivity index (χ3v) is 11.7. The molecule has 0 N–H and O–H groups in total. The second kappa shape index (κ2) is 13.4. The number of hydrogen-bond donors (Lipinski definition) is 0. The Bertz CT molecular complexity index is 2900. The van der Waals surface area contributed by atoms with Gasteiger partial charge in [-0.25, -0.2) is 0 Å². The molecule has 268 valence electrons. The Balaban J connectivity index is 1.18. The van der Waals surface area contributed by atoms with Gasteiger partial charge in [0.2, 0.25) is 0 Å². The SMILES string of the molecule is c1ccc(-c2ccc(N(c3ccccc3)c3ccc4c(c3)C3(c5ccccc5Oc5cc(-c6ccccc6)c(-c6ccccc6)cc53)c3ccccc3-4)cc2)cc1. The zero-order chi connectivity index (χ0) is 37.8. The third-order valence-electron chi connectivity index (χ3n) is 11.7. The second-order valence-electron chi connectivity index (χ2n) is 14.8. The molecule has 0 radical (unpaired) electrons. The summed E-state index contributed by atoms with van der Waals surface area (Å²) in [6.45, 7) is 0. The number of rotatable bonds is 6. The topological polar surface area (TPSA) is 12.5 Å². The first-order chi connectivity index (χ1) is 28.3. The maximum absolute atomic E-state index is 7.00. The molecule has 0 saturated heterocycles. The number of para-hydroxylation sites is 2. The fraction of sp³-hybridized carbons (Fsp3) is 0.0182. The van der Waals surface area contributed by atoms with Gasteiger partial charge in [-0.15, -0.1) is 0 Å². The Morgan fingerprint density at radius 2 is 0.772 bits per heavy atom. The minimum atomic E-state index is -0.648. The Morgan fingerprint density at radius 1 is 0.281 bits per heavy atom. The molecule has 0 amide bonds. The maximum Gasteiger partial charge on any atom is 0.132 e. The number of nitrogens with zero attached hydrogens (tertiary/aromatic N) is 1. The molecule has 9 aromatic rings. The summed E-state index contributed by atoms with van der Waals surface area (Å²) in [4.78, 5) is 2.38. The number of ether oxygens (including phenoxy) is 1. The molecule has 1 aliphatic carbocycles. The van der Waals surface area contributed by atoms with Crippen molar-refractivity contribution < 1.29 is 4.74 Å². The lowest BCUT2D eigenvalue weighted by molar-refractivity contribution is 0.436. The van der Waals surface area contributed by atoms with Gasteiger partial charge in [0.15, 0.2) is 0 Å². The highest BCUT2D eigenvalue weighted by Gasteiger charge is 2.51. The summed E-state index contributed by atoms with van der Waals surface area (Å²) in [7, 11) is 0. The molecule has 2 nitrogen and oxygen atoms in total. The molecule has 1 aliphatic heterocycles. The Morgan fingerprint density at radius 3 is 1.46 bits per heavy atom. The summed E-state index contributed by atoms with van der Waals surface area (Å²) in [6.07, 6.45) is 0. The lowest BCUT2D eigenvalue weighted by Gasteiger charge is -2.40. The van der Waals surface area contributed by atoms with E-state index in [-0.39, 0.29) is 0 Å². The molecule has 0 fully saturated rings. The van der Waals surface area contributed by atoms with Crippen LogP contribution in [-0.4, -0.2) is 0 Å². The summed E-state index contributed by atoms with van der Waals surface area (Å²) in [5.74, 6) is 1.75. The average Bonchev–Trinajstić information content (AvgIpc) is 3.57. The van der Waals surface area contributed by atoms with E-state index in [4.69, 9.17) is 4.74 Å². The van der Waals surface area contributed by atoms with Gasteiger partial charge in [-0.05, 0) is 110 Å². The highest BCUT2D eigenvalue weighted by molar-refractivity contribution is 5.94. The average molecular weight is 728 g/mol. The number of anilines is 3. The predicted octanol–water partition coefficient (Wildman–Crippen LogP) is 14.6. The highest BCUT2D eigenvalue weighted by atomic mass is 16.5. The Hall–Kier alpha value is -7.42. The van der Waals surface area contributed by atoms with E-state index in [1.807, 2.05) is 0 Å². The molecule has 1 unspecified atom stereocenters. The summed E-state index contributed by atoms with van der Waals surface area (Å²) in [5.41, 5.74) is 16.9. The third kappa shape index (κ3) is 5.26. The Kier molecular flexibility index (Phi) is 7.75. The van der Waals surface area contributed by atoms with Gasteiger partial charge in [0.1, 0.15) is 11.5 Å². The molecule has 9 aromatic carbocycles. The second-order valence-corrected chi connectivity index (χ2v) is 14.8. The van der Waals surface area contributed by atoms with Gasteiger partial charge in [0, 0.05) is 28.2 Å². The lowest BCUT2D eigenvalue weighted by atomic mass is 9.65. The number of hydrogen-bond acceptors (Lipinski definition) is 2. The van der Waals surface area contributed by atoms with Crippen molar-refractivity contribution in [2.24, 2.45) is 0 Å². The van der Waals surface area contributed by atoms with Crippen LogP contribution in [0.2, 0.25) is 0 Å². The molecule has 0 bridgehead atoms. The van der Waals surface area contributed by atoms with Gasteiger partial charge in [0.25, 0.3) is 0 Å². The summed E-state index contributed by atoms with van der Waals surface area (Å²) in [6, 6.07) is 81.0.